The van der Waals surface area contributed by atoms with Crippen molar-refractivity contribution >= 4 is 27.5 Å². The predicted octanol–water partition coefficient (Wildman–Crippen LogP) is 4.69. The van der Waals surface area contributed by atoms with Crippen LogP contribution in [-0.2, 0) is 19.6 Å². The van der Waals surface area contributed by atoms with Crippen LogP contribution in [0.25, 0.3) is 0 Å². The molecule has 2 aromatic rings. The fourth-order valence-corrected chi connectivity index (χ4v) is 6.71. The monoisotopic (exact) mass is 690 g/mol. The Labute approximate surface area is 273 Å². The molecule has 3 rings (SSSR count). The Hall–Kier alpha value is -3.37. The summed E-state index contributed by atoms with van der Waals surface area (Å²) in [6.45, 7) is 8.21. The third kappa shape index (κ3) is 10.6. The number of hydrogen-bond donors (Lipinski definition) is 2. The van der Waals surface area contributed by atoms with Gasteiger partial charge in [0, 0.05) is 44.8 Å². The van der Waals surface area contributed by atoms with Crippen molar-refractivity contribution in [3.8, 4) is 5.75 Å². The molecule has 0 saturated carbocycles. The highest BCUT2D eigenvalue weighted by Gasteiger charge is 2.33. The first-order chi connectivity index (χ1) is 21.9. The van der Waals surface area contributed by atoms with Crippen molar-refractivity contribution in [2.45, 2.75) is 96.0 Å². The number of amides is 2. The summed E-state index contributed by atoms with van der Waals surface area (Å²) in [4.78, 5) is 29.3. The van der Waals surface area contributed by atoms with E-state index in [0.717, 1.165) is 0 Å². The molecule has 1 aromatic heterocycles. The van der Waals surface area contributed by atoms with Crippen molar-refractivity contribution < 1.29 is 50.3 Å². The van der Waals surface area contributed by atoms with Gasteiger partial charge in [-0.05, 0) is 65.2 Å². The van der Waals surface area contributed by atoms with E-state index < -0.39 is 65.5 Å². The molecule has 4 atom stereocenters. The van der Waals surface area contributed by atoms with E-state index in [1.165, 1.54) is 48.9 Å². The van der Waals surface area contributed by atoms with Crippen LogP contribution < -0.4 is 9.46 Å². The predicted molar refractivity (Wildman–Crippen MR) is 167 cm³/mol. The fraction of sp³-hybridized carbons (Fsp3) is 0.645. The summed E-state index contributed by atoms with van der Waals surface area (Å²) in [7, 11) is -2.72. The fourth-order valence-electron chi connectivity index (χ4n) is 5.32. The minimum absolute atomic E-state index is 0.00285. The topological polar surface area (TPSA) is 152 Å². The lowest BCUT2D eigenvalue weighted by molar-refractivity contribution is -0.149. The normalized spacial score (nSPS) is 20.9. The van der Waals surface area contributed by atoms with Crippen LogP contribution in [0.15, 0.2) is 27.6 Å². The first-order valence-electron chi connectivity index (χ1n) is 15.5. The van der Waals surface area contributed by atoms with Crippen LogP contribution in [0, 0.1) is 19.8 Å². The molecule has 0 aliphatic carbocycles. The number of fused-ring (bicyclic) bond motifs is 1. The Morgan fingerprint density at radius 3 is 2.55 bits per heavy atom. The second-order valence-corrected chi connectivity index (χ2v) is 13.8. The Balaban J connectivity index is 1.97. The number of aromatic nitrogens is 1. The number of halogens is 3. The zero-order valence-corrected chi connectivity index (χ0v) is 28.4. The summed E-state index contributed by atoms with van der Waals surface area (Å²) >= 11 is 0. The quantitative estimate of drug-likeness (QED) is 0.382. The van der Waals surface area contributed by atoms with Crippen LogP contribution in [0.3, 0.4) is 0 Å². The molecule has 2 amide bonds. The molecule has 0 spiro atoms. The summed E-state index contributed by atoms with van der Waals surface area (Å²) in [5, 5.41) is 13.8. The SMILES string of the molecule is Cc1noc(C)c1S(=O)(=O)Nc1ccc2c(c1)C(=O)N([C@H](C)CO)C[C@@H](C)[C@@H](CN(C)C(=O)CCC(F)(F)F)OCCCC[C@H](C)O2. The molecule has 12 nitrogen and oxygen atoms in total. The first-order valence-corrected chi connectivity index (χ1v) is 17.0. The summed E-state index contributed by atoms with van der Waals surface area (Å²) in [5.74, 6) is -1.34. The van der Waals surface area contributed by atoms with Gasteiger partial charge in [-0.25, -0.2) is 8.42 Å². The minimum atomic E-state index is -4.46. The van der Waals surface area contributed by atoms with Crippen molar-refractivity contribution in [2.24, 2.45) is 5.92 Å². The molecule has 16 heteroatoms. The number of benzene rings is 1. The van der Waals surface area contributed by atoms with Crippen LogP contribution in [0.5, 0.6) is 5.75 Å². The second-order valence-electron chi connectivity index (χ2n) is 12.2. The molecule has 0 fully saturated rings. The Morgan fingerprint density at radius 1 is 1.23 bits per heavy atom. The summed E-state index contributed by atoms with van der Waals surface area (Å²) < 4.78 is 84.5. The number of aliphatic hydroxyl groups excluding tert-OH is 1. The van der Waals surface area contributed by atoms with E-state index in [9.17, 15) is 36.3 Å². The number of carbonyl (C=O) groups excluding carboxylic acids is 2. The molecule has 0 radical (unpaired) electrons. The average Bonchev–Trinajstić information content (AvgIpc) is 3.34. The average molecular weight is 691 g/mol. The van der Waals surface area contributed by atoms with Gasteiger partial charge < -0.3 is 28.9 Å². The van der Waals surface area contributed by atoms with E-state index in [-0.39, 0.29) is 52.5 Å². The third-order valence-electron chi connectivity index (χ3n) is 8.04. The van der Waals surface area contributed by atoms with Gasteiger partial charge in [-0.1, -0.05) is 12.1 Å². The smallest absolute Gasteiger partial charge is 0.389 e. The van der Waals surface area contributed by atoms with Gasteiger partial charge in [0.15, 0.2) is 10.7 Å². The van der Waals surface area contributed by atoms with E-state index in [2.05, 4.69) is 9.88 Å². The molecule has 0 saturated heterocycles. The molecule has 2 heterocycles. The van der Waals surface area contributed by atoms with Gasteiger partial charge in [-0.15, -0.1) is 0 Å². The van der Waals surface area contributed by atoms with E-state index in [1.54, 1.807) is 13.8 Å². The molecule has 1 aliphatic heterocycles. The second kappa shape index (κ2) is 16.2. The van der Waals surface area contributed by atoms with E-state index in [0.29, 0.717) is 25.9 Å². The largest absolute Gasteiger partial charge is 0.490 e. The number of hydrogen-bond acceptors (Lipinski definition) is 9. The Kier molecular flexibility index (Phi) is 13.1. The van der Waals surface area contributed by atoms with Gasteiger partial charge in [0.05, 0.1) is 36.8 Å². The van der Waals surface area contributed by atoms with Gasteiger partial charge in [-0.3, -0.25) is 14.3 Å². The maximum absolute atomic E-state index is 14.3. The van der Waals surface area contributed by atoms with Gasteiger partial charge in [0.25, 0.3) is 15.9 Å². The minimum Gasteiger partial charge on any atom is -0.490 e. The number of nitrogens with zero attached hydrogens (tertiary/aromatic N) is 3. The van der Waals surface area contributed by atoms with Gasteiger partial charge in [0.2, 0.25) is 5.91 Å². The number of carbonyl (C=O) groups is 2. The molecular weight excluding hydrogens is 645 g/mol. The lowest BCUT2D eigenvalue weighted by Gasteiger charge is -2.36. The van der Waals surface area contributed by atoms with Crippen LogP contribution in [-0.4, -0.2) is 98.1 Å². The molecular formula is C31H45F3N4O8S. The van der Waals surface area contributed by atoms with Crippen molar-refractivity contribution in [1.82, 2.24) is 15.0 Å². The highest BCUT2D eigenvalue weighted by molar-refractivity contribution is 7.92. The number of nitrogens with one attached hydrogen (secondary N) is 1. The maximum atomic E-state index is 14.3. The lowest BCUT2D eigenvalue weighted by atomic mass is 10.0. The van der Waals surface area contributed by atoms with Crippen LogP contribution in [0.4, 0.5) is 18.9 Å². The summed E-state index contributed by atoms with van der Waals surface area (Å²) in [5.41, 5.74) is 0.305. The molecule has 47 heavy (non-hydrogen) atoms. The van der Waals surface area contributed by atoms with Gasteiger partial charge in [0.1, 0.15) is 11.4 Å². The number of alkyl halides is 3. The molecule has 0 unspecified atom stereocenters. The molecule has 264 valence electrons. The van der Waals surface area contributed by atoms with Crippen molar-refractivity contribution in [3.05, 3.63) is 35.2 Å². The number of anilines is 1. The number of aliphatic hydroxyl groups is 1. The summed E-state index contributed by atoms with van der Waals surface area (Å²) in [6, 6.07) is 3.67. The number of ether oxygens (including phenoxy) is 2. The number of sulfonamides is 1. The van der Waals surface area contributed by atoms with Crippen LogP contribution >= 0.6 is 0 Å². The standard InChI is InChI=1S/C31H45F3N4O8S/c1-19-16-38(20(2)18-39)30(41)25-15-24(36-47(42,43)29-22(4)35-46-23(29)5)10-11-26(25)45-21(3)9-7-8-14-44-27(19)17-37(6)28(40)12-13-31(32,33)34/h10-11,15,19-21,27,36,39H,7-9,12-14,16-18H2,1-6H3/t19-,20-,21+,27-/m1/s1. The highest BCUT2D eigenvalue weighted by atomic mass is 32.2. The van der Waals surface area contributed by atoms with Crippen molar-refractivity contribution in [2.75, 3.05) is 38.1 Å². The zero-order valence-electron chi connectivity index (χ0n) is 27.6. The van der Waals surface area contributed by atoms with Gasteiger partial charge >= 0.3 is 6.18 Å². The molecule has 0 bridgehead atoms. The van der Waals surface area contributed by atoms with Crippen molar-refractivity contribution in [1.29, 1.82) is 0 Å². The Bertz CT molecular complexity index is 1460. The van der Waals surface area contributed by atoms with Crippen LogP contribution in [0.1, 0.15) is 74.7 Å². The van der Waals surface area contributed by atoms with Gasteiger partial charge in [-0.2, -0.15) is 13.2 Å². The highest BCUT2D eigenvalue weighted by Crippen LogP contribution is 2.30. The number of aryl methyl sites for hydroxylation is 2. The maximum Gasteiger partial charge on any atom is 0.389 e. The third-order valence-corrected chi connectivity index (χ3v) is 9.67. The van der Waals surface area contributed by atoms with Crippen LogP contribution in [0.2, 0.25) is 0 Å². The molecule has 2 N–H and O–H groups in total. The molecule has 1 aliphatic rings. The summed E-state index contributed by atoms with van der Waals surface area (Å²) in [6.07, 6.45) is -5.40. The van der Waals surface area contributed by atoms with E-state index >= 15 is 0 Å². The van der Waals surface area contributed by atoms with E-state index in [4.69, 9.17) is 14.0 Å². The number of likely N-dealkylation sites (N-methyl/N-ethyl adjacent to an activating group) is 1. The van der Waals surface area contributed by atoms with Crippen molar-refractivity contribution in [3.63, 3.8) is 0 Å². The number of rotatable bonds is 9. The lowest BCUT2D eigenvalue weighted by Crippen LogP contribution is -2.48. The first kappa shape index (κ1) is 38.1. The zero-order chi connectivity index (χ0) is 35.1. The Morgan fingerprint density at radius 2 is 1.94 bits per heavy atom. The molecule has 1 aromatic carbocycles. The van der Waals surface area contributed by atoms with E-state index in [1.807, 2.05) is 6.92 Å².